The van der Waals surface area contributed by atoms with Gasteiger partial charge in [0.05, 0.1) is 11.0 Å². The number of amides is 1. The Kier molecular flexibility index (Phi) is 5.52. The number of sulfone groups is 1. The molecule has 0 spiro atoms. The summed E-state index contributed by atoms with van der Waals surface area (Å²) in [5.41, 5.74) is 1.26. The summed E-state index contributed by atoms with van der Waals surface area (Å²) < 4.78 is 28.5. The number of nitrogens with one attached hydrogen (secondary N) is 1. The number of ether oxygens (including phenoxy) is 1. The molecule has 2 rings (SSSR count). The number of methoxy groups -OCH3 is 1. The summed E-state index contributed by atoms with van der Waals surface area (Å²) in [5, 5.41) is 2.77. The summed E-state index contributed by atoms with van der Waals surface area (Å²) in [6.07, 6.45) is 0.846. The molecule has 23 heavy (non-hydrogen) atoms. The highest BCUT2D eigenvalue weighted by molar-refractivity contribution is 7.90. The Morgan fingerprint density at radius 3 is 2.43 bits per heavy atom. The van der Waals surface area contributed by atoms with Gasteiger partial charge in [0.15, 0.2) is 9.84 Å². The van der Waals surface area contributed by atoms with Crippen LogP contribution in [-0.4, -0.2) is 34.2 Å². The van der Waals surface area contributed by atoms with Crippen molar-refractivity contribution < 1.29 is 17.9 Å². The van der Waals surface area contributed by atoms with E-state index >= 15 is 0 Å². The molecular formula is C17H19NO4S. The van der Waals surface area contributed by atoms with Gasteiger partial charge in [0.1, 0.15) is 0 Å². The number of benzene rings is 2. The standard InChI is InChI=1S/C17H19NO4S/c1-22-16(13-7-4-3-5-8-13)12-18-17(19)14-9-6-10-15(11-14)23(2,20)21/h3-11,16H,12H2,1-2H3,(H,18,19). The summed E-state index contributed by atoms with van der Waals surface area (Å²) in [7, 11) is -1.76. The Bertz CT molecular complexity index is 772. The van der Waals surface area contributed by atoms with E-state index in [1.807, 2.05) is 30.3 Å². The molecule has 0 bridgehead atoms. The van der Waals surface area contributed by atoms with Crippen LogP contribution in [0.5, 0.6) is 0 Å². The Labute approximate surface area is 136 Å². The Morgan fingerprint density at radius 2 is 1.83 bits per heavy atom. The van der Waals surface area contributed by atoms with Gasteiger partial charge in [-0.2, -0.15) is 0 Å². The third-order valence-electron chi connectivity index (χ3n) is 3.43. The first-order chi connectivity index (χ1) is 10.9. The van der Waals surface area contributed by atoms with Crippen LogP contribution in [0.1, 0.15) is 22.0 Å². The molecule has 0 radical (unpaired) electrons. The minimum absolute atomic E-state index is 0.122. The maximum atomic E-state index is 12.2. The highest BCUT2D eigenvalue weighted by atomic mass is 32.2. The molecule has 6 heteroatoms. The van der Waals surface area contributed by atoms with E-state index in [1.165, 1.54) is 12.1 Å². The normalized spacial score (nSPS) is 12.6. The third kappa shape index (κ3) is 4.64. The molecule has 0 saturated heterocycles. The molecule has 0 heterocycles. The molecule has 5 nitrogen and oxygen atoms in total. The minimum Gasteiger partial charge on any atom is -0.375 e. The molecule has 0 aliphatic heterocycles. The molecule has 0 aliphatic carbocycles. The van der Waals surface area contributed by atoms with Crippen LogP contribution in [0.2, 0.25) is 0 Å². The molecule has 0 fully saturated rings. The van der Waals surface area contributed by atoms with Gasteiger partial charge in [-0.25, -0.2) is 8.42 Å². The van der Waals surface area contributed by atoms with Crippen molar-refractivity contribution in [3.63, 3.8) is 0 Å². The van der Waals surface area contributed by atoms with Gasteiger partial charge >= 0.3 is 0 Å². The molecule has 1 amide bonds. The van der Waals surface area contributed by atoms with Crippen LogP contribution in [0.15, 0.2) is 59.5 Å². The summed E-state index contributed by atoms with van der Waals surface area (Å²) in [4.78, 5) is 12.3. The number of hydrogen-bond acceptors (Lipinski definition) is 4. The molecule has 2 aromatic rings. The first-order valence-corrected chi connectivity index (χ1v) is 8.97. The molecule has 2 aromatic carbocycles. The summed E-state index contributed by atoms with van der Waals surface area (Å²) >= 11 is 0. The lowest BCUT2D eigenvalue weighted by molar-refractivity contribution is 0.0828. The number of hydrogen-bond donors (Lipinski definition) is 1. The van der Waals surface area contributed by atoms with Crippen molar-refractivity contribution in [1.82, 2.24) is 5.32 Å². The van der Waals surface area contributed by atoms with Crippen LogP contribution in [-0.2, 0) is 14.6 Å². The molecule has 1 unspecified atom stereocenters. The molecule has 122 valence electrons. The van der Waals surface area contributed by atoms with Crippen molar-refractivity contribution in [2.75, 3.05) is 19.9 Å². The van der Waals surface area contributed by atoms with Crippen LogP contribution in [0.4, 0.5) is 0 Å². The zero-order valence-corrected chi connectivity index (χ0v) is 13.8. The van der Waals surface area contributed by atoms with Gasteiger partial charge in [-0.15, -0.1) is 0 Å². The largest absolute Gasteiger partial charge is 0.375 e. The number of rotatable bonds is 6. The maximum Gasteiger partial charge on any atom is 0.251 e. The topological polar surface area (TPSA) is 72.5 Å². The zero-order valence-electron chi connectivity index (χ0n) is 13.0. The van der Waals surface area contributed by atoms with Crippen molar-refractivity contribution >= 4 is 15.7 Å². The number of carbonyl (C=O) groups excluding carboxylic acids is 1. The molecular weight excluding hydrogens is 314 g/mol. The van der Waals surface area contributed by atoms with Crippen LogP contribution < -0.4 is 5.32 Å². The van der Waals surface area contributed by atoms with Crippen molar-refractivity contribution in [1.29, 1.82) is 0 Å². The van der Waals surface area contributed by atoms with Gasteiger partial charge in [-0.05, 0) is 23.8 Å². The van der Waals surface area contributed by atoms with Gasteiger partial charge in [0, 0.05) is 25.5 Å². The predicted octanol–water partition coefficient (Wildman–Crippen LogP) is 2.21. The summed E-state index contributed by atoms with van der Waals surface area (Å²) in [6.45, 7) is 0.294. The van der Waals surface area contributed by atoms with Crippen LogP contribution in [0.25, 0.3) is 0 Å². The van der Waals surface area contributed by atoms with Gasteiger partial charge in [0.2, 0.25) is 0 Å². The maximum absolute atomic E-state index is 12.2. The average molecular weight is 333 g/mol. The van der Waals surface area contributed by atoms with Crippen molar-refractivity contribution in [3.8, 4) is 0 Å². The second kappa shape index (κ2) is 7.39. The summed E-state index contributed by atoms with van der Waals surface area (Å²) in [5.74, 6) is -0.339. The fourth-order valence-corrected chi connectivity index (χ4v) is 2.83. The Morgan fingerprint density at radius 1 is 1.13 bits per heavy atom. The Hall–Kier alpha value is -2.18. The lowest BCUT2D eigenvalue weighted by Gasteiger charge is -2.16. The lowest BCUT2D eigenvalue weighted by Crippen LogP contribution is -2.29. The van der Waals surface area contributed by atoms with E-state index in [0.717, 1.165) is 11.8 Å². The smallest absolute Gasteiger partial charge is 0.251 e. The zero-order chi connectivity index (χ0) is 16.9. The second-order valence-electron chi connectivity index (χ2n) is 5.15. The van der Waals surface area contributed by atoms with E-state index in [-0.39, 0.29) is 16.9 Å². The van der Waals surface area contributed by atoms with Crippen LogP contribution in [0, 0.1) is 0 Å². The molecule has 1 N–H and O–H groups in total. The van der Waals surface area contributed by atoms with Crippen molar-refractivity contribution in [2.24, 2.45) is 0 Å². The summed E-state index contributed by atoms with van der Waals surface area (Å²) in [6, 6.07) is 15.5. The van der Waals surface area contributed by atoms with E-state index in [4.69, 9.17) is 4.74 Å². The third-order valence-corrected chi connectivity index (χ3v) is 4.54. The van der Waals surface area contributed by atoms with E-state index in [9.17, 15) is 13.2 Å². The molecule has 0 aromatic heterocycles. The lowest BCUT2D eigenvalue weighted by atomic mass is 10.1. The van der Waals surface area contributed by atoms with E-state index in [0.29, 0.717) is 12.1 Å². The quantitative estimate of drug-likeness (QED) is 0.880. The van der Waals surface area contributed by atoms with Crippen molar-refractivity contribution in [2.45, 2.75) is 11.0 Å². The van der Waals surface area contributed by atoms with Gasteiger partial charge in [-0.3, -0.25) is 4.79 Å². The van der Waals surface area contributed by atoms with Gasteiger partial charge in [-0.1, -0.05) is 36.4 Å². The molecule has 1 atom stereocenters. The minimum atomic E-state index is -3.34. The van der Waals surface area contributed by atoms with E-state index in [2.05, 4.69) is 5.32 Å². The second-order valence-corrected chi connectivity index (χ2v) is 7.16. The fraction of sp³-hybridized carbons (Fsp3) is 0.235. The van der Waals surface area contributed by atoms with Gasteiger partial charge < -0.3 is 10.1 Å². The van der Waals surface area contributed by atoms with Gasteiger partial charge in [0.25, 0.3) is 5.91 Å². The van der Waals surface area contributed by atoms with Crippen molar-refractivity contribution in [3.05, 3.63) is 65.7 Å². The van der Waals surface area contributed by atoms with E-state index < -0.39 is 9.84 Å². The monoisotopic (exact) mass is 333 g/mol. The van der Waals surface area contributed by atoms with Crippen LogP contribution >= 0.6 is 0 Å². The first-order valence-electron chi connectivity index (χ1n) is 7.08. The fourth-order valence-electron chi connectivity index (χ4n) is 2.16. The Balaban J connectivity index is 2.07. The van der Waals surface area contributed by atoms with Crippen LogP contribution in [0.3, 0.4) is 0 Å². The highest BCUT2D eigenvalue weighted by Gasteiger charge is 2.14. The van der Waals surface area contributed by atoms with E-state index in [1.54, 1.807) is 19.2 Å². The number of carbonyl (C=O) groups is 1. The highest BCUT2D eigenvalue weighted by Crippen LogP contribution is 2.16. The molecule has 0 aliphatic rings. The SMILES string of the molecule is COC(CNC(=O)c1cccc(S(C)(=O)=O)c1)c1ccccc1. The molecule has 0 saturated carbocycles. The first kappa shape index (κ1) is 17.2. The average Bonchev–Trinajstić information content (AvgIpc) is 2.55. The predicted molar refractivity (Wildman–Crippen MR) is 88.1 cm³/mol.